The third kappa shape index (κ3) is 2.54. The van der Waals surface area contributed by atoms with Gasteiger partial charge < -0.3 is 20.5 Å². The molecule has 1 aromatic heterocycles. The molecule has 4 heteroatoms. The molecule has 0 unspecified atom stereocenters. The van der Waals surface area contributed by atoms with Gasteiger partial charge in [-0.1, -0.05) is 24.3 Å². The molecule has 1 heterocycles. The number of nitrogens with one attached hydrogen (secondary N) is 1. The smallest absolute Gasteiger partial charge is 0.126 e. The van der Waals surface area contributed by atoms with E-state index in [1.54, 1.807) is 0 Å². The Balaban J connectivity index is 1.84. The van der Waals surface area contributed by atoms with E-state index in [9.17, 15) is 5.11 Å². The van der Waals surface area contributed by atoms with Crippen LogP contribution in [0.1, 0.15) is 5.56 Å². The molecular formula is C16H19N2O2+. The van der Waals surface area contributed by atoms with E-state index in [2.05, 4.69) is 35.3 Å². The fraction of sp³-hybridized carbons (Fsp3) is 0.250. The summed E-state index contributed by atoms with van der Waals surface area (Å²) in [7, 11) is 0. The minimum atomic E-state index is -0.646. The van der Waals surface area contributed by atoms with Crippen molar-refractivity contribution in [3.8, 4) is 0 Å². The van der Waals surface area contributed by atoms with Crippen molar-refractivity contribution < 1.29 is 15.5 Å². The molecule has 0 amide bonds. The van der Waals surface area contributed by atoms with Crippen LogP contribution in [0, 0.1) is 0 Å². The molecule has 3 aromatic rings. The van der Waals surface area contributed by atoms with Crippen LogP contribution in [0.2, 0.25) is 0 Å². The highest BCUT2D eigenvalue weighted by atomic mass is 16.3. The van der Waals surface area contributed by atoms with Gasteiger partial charge in [0.25, 0.3) is 0 Å². The molecule has 0 aliphatic rings. The number of quaternary nitrogens is 1. The number of nitrogens with two attached hydrogens (primary N) is 1. The summed E-state index contributed by atoms with van der Waals surface area (Å²) in [5.74, 6) is 0. The summed E-state index contributed by atoms with van der Waals surface area (Å²) in [5, 5.41) is 22.6. The molecule has 0 saturated heterocycles. The summed E-state index contributed by atoms with van der Waals surface area (Å²) in [6.45, 7) is 1.13. The van der Waals surface area contributed by atoms with Crippen LogP contribution in [0.25, 0.3) is 21.8 Å². The first-order chi connectivity index (χ1) is 9.78. The van der Waals surface area contributed by atoms with Gasteiger partial charge in [0, 0.05) is 27.4 Å². The Bertz CT molecular complexity index is 721. The van der Waals surface area contributed by atoms with Crippen molar-refractivity contribution in [2.24, 2.45) is 0 Å². The van der Waals surface area contributed by atoms with E-state index in [4.69, 9.17) is 5.11 Å². The van der Waals surface area contributed by atoms with Crippen molar-refractivity contribution in [2.75, 3.05) is 13.2 Å². The number of rotatable bonds is 5. The number of aliphatic hydroxyl groups is 2. The molecule has 3 rings (SSSR count). The predicted molar refractivity (Wildman–Crippen MR) is 79.4 cm³/mol. The zero-order valence-electron chi connectivity index (χ0n) is 11.2. The second-order valence-electron chi connectivity index (χ2n) is 5.12. The standard InChI is InChI=1S/C16H18N2O2/c19-10-12(20)9-17-8-11-5-6-16-14(7-11)13-3-1-2-4-15(13)18-16/h1-7,12,17-20H,8-10H2/p+1/t12-/m0/s1. The lowest BCUT2D eigenvalue weighted by atomic mass is 10.1. The number of para-hydroxylation sites is 1. The maximum atomic E-state index is 9.33. The molecule has 20 heavy (non-hydrogen) atoms. The van der Waals surface area contributed by atoms with Gasteiger partial charge in [0.2, 0.25) is 0 Å². The van der Waals surface area contributed by atoms with Crippen molar-refractivity contribution in [3.05, 3.63) is 48.0 Å². The van der Waals surface area contributed by atoms with Crippen LogP contribution in [-0.4, -0.2) is 34.5 Å². The average Bonchev–Trinajstić information content (AvgIpc) is 2.85. The molecular weight excluding hydrogens is 252 g/mol. The normalized spacial score (nSPS) is 13.1. The van der Waals surface area contributed by atoms with Crippen LogP contribution in [-0.2, 0) is 6.54 Å². The van der Waals surface area contributed by atoms with Gasteiger partial charge in [0.1, 0.15) is 19.2 Å². The van der Waals surface area contributed by atoms with Crippen molar-refractivity contribution >= 4 is 21.8 Å². The van der Waals surface area contributed by atoms with E-state index in [0.29, 0.717) is 6.54 Å². The van der Waals surface area contributed by atoms with E-state index < -0.39 is 6.10 Å². The third-order valence-corrected chi connectivity index (χ3v) is 3.60. The minimum Gasteiger partial charge on any atom is -0.393 e. The van der Waals surface area contributed by atoms with Crippen molar-refractivity contribution in [1.29, 1.82) is 0 Å². The summed E-state index contributed by atoms with van der Waals surface area (Å²) >= 11 is 0. The topological polar surface area (TPSA) is 72.9 Å². The van der Waals surface area contributed by atoms with E-state index in [-0.39, 0.29) is 6.61 Å². The van der Waals surface area contributed by atoms with Gasteiger partial charge in [0.15, 0.2) is 0 Å². The number of aliphatic hydroxyl groups excluding tert-OH is 2. The van der Waals surface area contributed by atoms with Gasteiger partial charge in [-0.15, -0.1) is 0 Å². The lowest BCUT2D eigenvalue weighted by Gasteiger charge is -2.06. The van der Waals surface area contributed by atoms with Gasteiger partial charge in [-0.2, -0.15) is 0 Å². The lowest BCUT2D eigenvalue weighted by Crippen LogP contribution is -2.85. The zero-order chi connectivity index (χ0) is 13.9. The summed E-state index contributed by atoms with van der Waals surface area (Å²) in [4.78, 5) is 3.41. The first-order valence-electron chi connectivity index (χ1n) is 6.88. The van der Waals surface area contributed by atoms with Gasteiger partial charge in [-0.05, 0) is 18.2 Å². The third-order valence-electron chi connectivity index (χ3n) is 3.60. The van der Waals surface area contributed by atoms with Crippen LogP contribution >= 0.6 is 0 Å². The van der Waals surface area contributed by atoms with Crippen molar-refractivity contribution in [3.63, 3.8) is 0 Å². The highest BCUT2D eigenvalue weighted by molar-refractivity contribution is 6.07. The van der Waals surface area contributed by atoms with E-state index >= 15 is 0 Å². The van der Waals surface area contributed by atoms with Crippen LogP contribution in [0.15, 0.2) is 42.5 Å². The molecule has 0 aliphatic carbocycles. The molecule has 2 aromatic carbocycles. The van der Waals surface area contributed by atoms with Gasteiger partial charge >= 0.3 is 0 Å². The molecule has 0 saturated carbocycles. The van der Waals surface area contributed by atoms with E-state index in [1.165, 1.54) is 16.3 Å². The summed E-state index contributed by atoms with van der Waals surface area (Å²) < 4.78 is 0. The highest BCUT2D eigenvalue weighted by Gasteiger charge is 2.07. The number of aromatic nitrogens is 1. The van der Waals surface area contributed by atoms with E-state index in [0.717, 1.165) is 17.6 Å². The summed E-state index contributed by atoms with van der Waals surface area (Å²) in [5.41, 5.74) is 3.51. The Labute approximate surface area is 117 Å². The van der Waals surface area contributed by atoms with Crippen molar-refractivity contribution in [1.82, 2.24) is 4.98 Å². The van der Waals surface area contributed by atoms with Crippen LogP contribution in [0.3, 0.4) is 0 Å². The second-order valence-corrected chi connectivity index (χ2v) is 5.12. The largest absolute Gasteiger partial charge is 0.393 e. The molecule has 0 bridgehead atoms. The maximum absolute atomic E-state index is 9.33. The quantitative estimate of drug-likeness (QED) is 0.552. The van der Waals surface area contributed by atoms with Crippen LogP contribution in [0.4, 0.5) is 0 Å². The van der Waals surface area contributed by atoms with Crippen LogP contribution < -0.4 is 5.32 Å². The van der Waals surface area contributed by atoms with Crippen molar-refractivity contribution in [2.45, 2.75) is 12.6 Å². The number of hydrogen-bond acceptors (Lipinski definition) is 2. The molecule has 1 atom stereocenters. The van der Waals surface area contributed by atoms with Gasteiger partial charge in [-0.3, -0.25) is 0 Å². The molecule has 0 fully saturated rings. The first kappa shape index (κ1) is 13.1. The number of H-pyrrole nitrogens is 1. The maximum Gasteiger partial charge on any atom is 0.126 e. The Kier molecular flexibility index (Phi) is 3.69. The highest BCUT2D eigenvalue weighted by Crippen LogP contribution is 2.25. The second kappa shape index (κ2) is 5.63. The Morgan fingerprint density at radius 2 is 1.85 bits per heavy atom. The molecule has 104 valence electrons. The zero-order valence-corrected chi connectivity index (χ0v) is 11.2. The molecule has 5 N–H and O–H groups in total. The number of benzene rings is 2. The SMILES string of the molecule is OC[C@@H](O)C[NH2+]Cc1ccc2[nH]c3ccccc3c2c1. The Morgan fingerprint density at radius 1 is 1.05 bits per heavy atom. The predicted octanol–water partition coefficient (Wildman–Crippen LogP) is 0.738. The Morgan fingerprint density at radius 3 is 2.70 bits per heavy atom. The molecule has 0 spiro atoms. The average molecular weight is 271 g/mol. The summed E-state index contributed by atoms with van der Waals surface area (Å²) in [6.07, 6.45) is -0.646. The number of hydrogen-bond donors (Lipinski definition) is 4. The number of fused-ring (bicyclic) bond motifs is 3. The molecule has 0 aliphatic heterocycles. The monoisotopic (exact) mass is 271 g/mol. The first-order valence-corrected chi connectivity index (χ1v) is 6.88. The fourth-order valence-corrected chi connectivity index (χ4v) is 2.54. The number of aromatic amines is 1. The van der Waals surface area contributed by atoms with Gasteiger partial charge in [-0.25, -0.2) is 0 Å². The molecule has 0 radical (unpaired) electrons. The Hall–Kier alpha value is -1.88. The van der Waals surface area contributed by atoms with Gasteiger partial charge in [0.05, 0.1) is 6.61 Å². The lowest BCUT2D eigenvalue weighted by molar-refractivity contribution is -0.676. The fourth-order valence-electron chi connectivity index (χ4n) is 2.54. The summed E-state index contributed by atoms with van der Waals surface area (Å²) in [6, 6.07) is 14.7. The van der Waals surface area contributed by atoms with Crippen LogP contribution in [0.5, 0.6) is 0 Å². The minimum absolute atomic E-state index is 0.183. The van der Waals surface area contributed by atoms with E-state index in [1.807, 2.05) is 17.4 Å². The molecule has 4 nitrogen and oxygen atoms in total.